The first kappa shape index (κ1) is 15.1. The molecule has 18 heavy (non-hydrogen) atoms. The van der Waals surface area contributed by atoms with Gasteiger partial charge in [-0.1, -0.05) is 30.4 Å². The van der Waals surface area contributed by atoms with Gasteiger partial charge in [0.05, 0.1) is 4.99 Å². The first-order valence-electron chi connectivity index (χ1n) is 6.25. The second kappa shape index (κ2) is 7.44. The Morgan fingerprint density at radius 3 is 2.67 bits per heavy atom. The van der Waals surface area contributed by atoms with Gasteiger partial charge in [-0.2, -0.15) is 0 Å². The molecule has 0 amide bonds. The Morgan fingerprint density at radius 1 is 1.39 bits per heavy atom. The van der Waals surface area contributed by atoms with Crippen molar-refractivity contribution in [3.8, 4) is 0 Å². The molecule has 0 aliphatic heterocycles. The van der Waals surface area contributed by atoms with Crippen LogP contribution < -0.4 is 5.73 Å². The lowest BCUT2D eigenvalue weighted by Gasteiger charge is -2.25. The molecule has 1 aromatic carbocycles. The standard InChI is InChI=1S/C14H21FN2S/c1-11(12-7-3-4-8-13(12)15)17(2)10-6-5-9-14(16)18/h3-4,7-8,11H,5-6,9-10H2,1-2H3,(H2,16,18). The molecule has 1 rings (SSSR count). The van der Waals surface area contributed by atoms with Crippen LogP contribution in [0, 0.1) is 5.82 Å². The molecular weight excluding hydrogens is 247 g/mol. The highest BCUT2D eigenvalue weighted by Gasteiger charge is 2.14. The van der Waals surface area contributed by atoms with Gasteiger partial charge in [0.25, 0.3) is 0 Å². The summed E-state index contributed by atoms with van der Waals surface area (Å²) in [6.07, 6.45) is 2.80. The first-order valence-corrected chi connectivity index (χ1v) is 6.66. The van der Waals surface area contributed by atoms with E-state index in [9.17, 15) is 4.39 Å². The van der Waals surface area contributed by atoms with E-state index in [-0.39, 0.29) is 11.9 Å². The maximum atomic E-state index is 13.6. The third-order valence-electron chi connectivity index (χ3n) is 3.20. The van der Waals surface area contributed by atoms with Gasteiger partial charge >= 0.3 is 0 Å². The fourth-order valence-electron chi connectivity index (χ4n) is 1.91. The molecule has 0 bridgehead atoms. The Hall–Kier alpha value is -1.00. The van der Waals surface area contributed by atoms with Gasteiger partial charge in [-0.3, -0.25) is 4.90 Å². The minimum absolute atomic E-state index is 0.0797. The largest absolute Gasteiger partial charge is 0.393 e. The van der Waals surface area contributed by atoms with E-state index in [1.165, 1.54) is 6.07 Å². The summed E-state index contributed by atoms with van der Waals surface area (Å²) in [5.41, 5.74) is 6.19. The molecule has 0 saturated heterocycles. The Labute approximate surface area is 114 Å². The van der Waals surface area contributed by atoms with Crippen LogP contribution in [0.4, 0.5) is 4.39 Å². The molecule has 0 radical (unpaired) electrons. The number of benzene rings is 1. The number of rotatable bonds is 7. The van der Waals surface area contributed by atoms with Gasteiger partial charge < -0.3 is 5.73 Å². The quantitative estimate of drug-likeness (QED) is 0.608. The number of thiocarbonyl (C=S) groups is 1. The van der Waals surface area contributed by atoms with Crippen molar-refractivity contribution in [3.63, 3.8) is 0 Å². The summed E-state index contributed by atoms with van der Waals surface area (Å²) in [4.78, 5) is 2.72. The summed E-state index contributed by atoms with van der Waals surface area (Å²) in [5.74, 6) is -0.139. The van der Waals surface area contributed by atoms with Crippen LogP contribution in [0.3, 0.4) is 0 Å². The predicted octanol–water partition coefficient (Wildman–Crippen LogP) is 3.27. The summed E-state index contributed by atoms with van der Waals surface area (Å²) in [5, 5.41) is 0. The summed E-state index contributed by atoms with van der Waals surface area (Å²) < 4.78 is 13.6. The highest BCUT2D eigenvalue weighted by atomic mass is 32.1. The van der Waals surface area contributed by atoms with Crippen LogP contribution in [0.1, 0.15) is 37.8 Å². The fraction of sp³-hybridized carbons (Fsp3) is 0.500. The smallest absolute Gasteiger partial charge is 0.127 e. The number of unbranched alkanes of at least 4 members (excludes halogenated alkanes) is 1. The second-order valence-corrected chi connectivity index (χ2v) is 5.13. The van der Waals surface area contributed by atoms with Crippen molar-refractivity contribution in [1.82, 2.24) is 4.90 Å². The minimum Gasteiger partial charge on any atom is -0.393 e. The molecular formula is C14H21FN2S. The first-order chi connectivity index (χ1) is 8.52. The predicted molar refractivity (Wildman–Crippen MR) is 78.1 cm³/mol. The van der Waals surface area contributed by atoms with E-state index in [2.05, 4.69) is 4.90 Å². The SMILES string of the molecule is CC(c1ccccc1F)N(C)CCCCC(N)=S. The van der Waals surface area contributed by atoms with Crippen LogP contribution in [-0.4, -0.2) is 23.5 Å². The molecule has 0 saturated carbocycles. The lowest BCUT2D eigenvalue weighted by atomic mass is 10.1. The zero-order valence-corrected chi connectivity index (χ0v) is 11.8. The molecule has 0 aliphatic carbocycles. The lowest BCUT2D eigenvalue weighted by Crippen LogP contribution is -2.24. The van der Waals surface area contributed by atoms with Crippen molar-refractivity contribution in [1.29, 1.82) is 0 Å². The molecule has 0 aliphatic rings. The summed E-state index contributed by atoms with van der Waals surface area (Å²) in [6, 6.07) is 7.01. The Kier molecular flexibility index (Phi) is 6.22. The van der Waals surface area contributed by atoms with Crippen LogP contribution >= 0.6 is 12.2 Å². The van der Waals surface area contributed by atoms with E-state index in [1.54, 1.807) is 6.07 Å². The fourth-order valence-corrected chi connectivity index (χ4v) is 2.05. The normalized spacial score (nSPS) is 12.7. The van der Waals surface area contributed by atoms with Crippen molar-refractivity contribution in [2.45, 2.75) is 32.2 Å². The van der Waals surface area contributed by atoms with E-state index in [0.717, 1.165) is 31.4 Å². The van der Waals surface area contributed by atoms with E-state index in [4.69, 9.17) is 18.0 Å². The van der Waals surface area contributed by atoms with Gasteiger partial charge in [0.15, 0.2) is 0 Å². The van der Waals surface area contributed by atoms with Crippen LogP contribution in [0.25, 0.3) is 0 Å². The number of hydrogen-bond acceptors (Lipinski definition) is 2. The maximum Gasteiger partial charge on any atom is 0.127 e. The molecule has 0 spiro atoms. The molecule has 0 aromatic heterocycles. The number of nitrogens with two attached hydrogens (primary N) is 1. The van der Waals surface area contributed by atoms with E-state index >= 15 is 0 Å². The van der Waals surface area contributed by atoms with Crippen molar-refractivity contribution in [3.05, 3.63) is 35.6 Å². The molecule has 4 heteroatoms. The number of hydrogen-bond donors (Lipinski definition) is 1. The molecule has 2 N–H and O–H groups in total. The third kappa shape index (κ3) is 4.70. The van der Waals surface area contributed by atoms with Crippen LogP contribution in [0.2, 0.25) is 0 Å². The second-order valence-electron chi connectivity index (χ2n) is 4.60. The van der Waals surface area contributed by atoms with Gasteiger partial charge in [-0.15, -0.1) is 0 Å². The molecule has 1 aromatic rings. The van der Waals surface area contributed by atoms with Gasteiger partial charge in [-0.25, -0.2) is 4.39 Å². The van der Waals surface area contributed by atoms with E-state index in [1.807, 2.05) is 26.1 Å². The maximum absolute atomic E-state index is 13.6. The lowest BCUT2D eigenvalue weighted by molar-refractivity contribution is 0.252. The zero-order valence-electron chi connectivity index (χ0n) is 11.0. The summed E-state index contributed by atoms with van der Waals surface area (Å²) in [6.45, 7) is 2.93. The highest BCUT2D eigenvalue weighted by Crippen LogP contribution is 2.21. The average Bonchev–Trinajstić information content (AvgIpc) is 2.34. The molecule has 0 heterocycles. The van der Waals surface area contributed by atoms with Crippen LogP contribution in [-0.2, 0) is 0 Å². The third-order valence-corrected chi connectivity index (χ3v) is 3.40. The highest BCUT2D eigenvalue weighted by molar-refractivity contribution is 7.80. The van der Waals surface area contributed by atoms with Crippen LogP contribution in [0.15, 0.2) is 24.3 Å². The summed E-state index contributed by atoms with van der Waals surface area (Å²) in [7, 11) is 2.01. The van der Waals surface area contributed by atoms with Crippen molar-refractivity contribution in [2.24, 2.45) is 5.73 Å². The van der Waals surface area contributed by atoms with Crippen molar-refractivity contribution >= 4 is 17.2 Å². The summed E-state index contributed by atoms with van der Waals surface area (Å²) >= 11 is 4.83. The van der Waals surface area contributed by atoms with Gasteiger partial charge in [0, 0.05) is 11.6 Å². The van der Waals surface area contributed by atoms with Crippen molar-refractivity contribution in [2.75, 3.05) is 13.6 Å². The van der Waals surface area contributed by atoms with Gasteiger partial charge in [-0.05, 0) is 45.8 Å². The molecule has 100 valence electrons. The Bertz CT molecular complexity index is 395. The van der Waals surface area contributed by atoms with Gasteiger partial charge in [0.1, 0.15) is 5.82 Å². The molecule has 1 unspecified atom stereocenters. The molecule has 0 fully saturated rings. The monoisotopic (exact) mass is 268 g/mol. The van der Waals surface area contributed by atoms with E-state index < -0.39 is 0 Å². The molecule has 1 atom stereocenters. The zero-order chi connectivity index (χ0) is 13.5. The topological polar surface area (TPSA) is 29.3 Å². The van der Waals surface area contributed by atoms with Crippen molar-refractivity contribution < 1.29 is 4.39 Å². The molecule has 2 nitrogen and oxygen atoms in total. The van der Waals surface area contributed by atoms with Gasteiger partial charge in [0.2, 0.25) is 0 Å². The Morgan fingerprint density at radius 2 is 2.06 bits per heavy atom. The Balaban J connectivity index is 2.44. The number of nitrogens with zero attached hydrogens (tertiary/aromatic N) is 1. The average molecular weight is 268 g/mol. The number of halogens is 1. The minimum atomic E-state index is -0.139. The van der Waals surface area contributed by atoms with Crippen LogP contribution in [0.5, 0.6) is 0 Å². The van der Waals surface area contributed by atoms with E-state index in [0.29, 0.717) is 4.99 Å².